The first-order chi connectivity index (χ1) is 6.83. The molecular weight excluding hydrogens is 180 g/mol. The molecule has 14 heavy (non-hydrogen) atoms. The van der Waals surface area contributed by atoms with Crippen LogP contribution < -0.4 is 0 Å². The normalized spacial score (nSPS) is 12.8. The summed E-state index contributed by atoms with van der Waals surface area (Å²) in [5.41, 5.74) is 1.87. The molecule has 1 aromatic rings. The number of hydrogen-bond acceptors (Lipinski definition) is 3. The van der Waals surface area contributed by atoms with Gasteiger partial charge in [-0.15, -0.1) is 0 Å². The fourth-order valence-corrected chi connectivity index (χ4v) is 1.43. The van der Waals surface area contributed by atoms with E-state index >= 15 is 0 Å². The Bertz CT molecular complexity index is 273. The second-order valence-corrected chi connectivity index (χ2v) is 3.04. The van der Waals surface area contributed by atoms with Crippen LogP contribution in [0.1, 0.15) is 17.2 Å². The summed E-state index contributed by atoms with van der Waals surface area (Å²) in [4.78, 5) is 0. The van der Waals surface area contributed by atoms with Crippen LogP contribution in [-0.2, 0) is 16.1 Å². The van der Waals surface area contributed by atoms with Gasteiger partial charge in [0.25, 0.3) is 0 Å². The van der Waals surface area contributed by atoms with Gasteiger partial charge in [0.2, 0.25) is 0 Å². The first kappa shape index (κ1) is 11.2. The fourth-order valence-electron chi connectivity index (χ4n) is 1.43. The van der Waals surface area contributed by atoms with Crippen LogP contribution >= 0.6 is 0 Å². The average Bonchev–Trinajstić information content (AvgIpc) is 2.26. The monoisotopic (exact) mass is 196 g/mol. The van der Waals surface area contributed by atoms with Crippen molar-refractivity contribution in [2.45, 2.75) is 12.7 Å². The summed E-state index contributed by atoms with van der Waals surface area (Å²) in [5, 5.41) is 9.13. The van der Waals surface area contributed by atoms with Gasteiger partial charge in [-0.05, 0) is 11.1 Å². The minimum absolute atomic E-state index is 0.0275. The van der Waals surface area contributed by atoms with Gasteiger partial charge in [0.05, 0.1) is 13.2 Å². The molecule has 0 aliphatic carbocycles. The van der Waals surface area contributed by atoms with E-state index in [0.29, 0.717) is 6.61 Å². The Morgan fingerprint density at radius 1 is 1.29 bits per heavy atom. The molecule has 0 radical (unpaired) electrons. The Labute approximate surface area is 84.3 Å². The van der Waals surface area contributed by atoms with E-state index in [2.05, 4.69) is 0 Å². The Kier molecular flexibility index (Phi) is 4.59. The standard InChI is InChI=1S/C11H16O3/c1-13-8-11(14-2)10-6-4-3-5-9(10)7-12/h3-6,11-12H,7-8H2,1-2H3. The van der Waals surface area contributed by atoms with E-state index < -0.39 is 0 Å². The number of rotatable bonds is 5. The number of aliphatic hydroxyl groups excluding tert-OH is 1. The molecule has 1 N–H and O–H groups in total. The smallest absolute Gasteiger partial charge is 0.106 e. The molecule has 0 aliphatic rings. The third-order valence-corrected chi connectivity index (χ3v) is 2.17. The zero-order valence-electron chi connectivity index (χ0n) is 8.56. The van der Waals surface area contributed by atoms with E-state index in [9.17, 15) is 0 Å². The lowest BCUT2D eigenvalue weighted by Crippen LogP contribution is -2.10. The summed E-state index contributed by atoms with van der Waals surface area (Å²) in [6.07, 6.45) is -0.108. The Balaban J connectivity index is 2.90. The summed E-state index contributed by atoms with van der Waals surface area (Å²) >= 11 is 0. The van der Waals surface area contributed by atoms with Crippen LogP contribution in [0.15, 0.2) is 24.3 Å². The summed E-state index contributed by atoms with van der Waals surface area (Å²) in [5.74, 6) is 0. The van der Waals surface area contributed by atoms with Gasteiger partial charge in [-0.3, -0.25) is 0 Å². The number of methoxy groups -OCH3 is 2. The van der Waals surface area contributed by atoms with Crippen LogP contribution in [0, 0.1) is 0 Å². The number of aliphatic hydroxyl groups is 1. The molecule has 1 aromatic carbocycles. The highest BCUT2D eigenvalue weighted by molar-refractivity contribution is 5.28. The number of hydrogen-bond donors (Lipinski definition) is 1. The highest BCUT2D eigenvalue weighted by atomic mass is 16.5. The van der Waals surface area contributed by atoms with Gasteiger partial charge < -0.3 is 14.6 Å². The van der Waals surface area contributed by atoms with Gasteiger partial charge >= 0.3 is 0 Å². The Morgan fingerprint density at radius 3 is 2.57 bits per heavy atom. The van der Waals surface area contributed by atoms with Gasteiger partial charge in [0.1, 0.15) is 6.10 Å². The van der Waals surface area contributed by atoms with E-state index in [1.54, 1.807) is 14.2 Å². The third kappa shape index (κ3) is 2.54. The SMILES string of the molecule is COCC(OC)c1ccccc1CO. The van der Waals surface area contributed by atoms with Crippen LogP contribution in [0.2, 0.25) is 0 Å². The summed E-state index contributed by atoms with van der Waals surface area (Å²) in [7, 11) is 3.27. The molecule has 0 fully saturated rings. The molecule has 0 aliphatic heterocycles. The summed E-state index contributed by atoms with van der Waals surface area (Å²) < 4.78 is 10.3. The molecule has 78 valence electrons. The van der Waals surface area contributed by atoms with Crippen LogP contribution in [-0.4, -0.2) is 25.9 Å². The van der Waals surface area contributed by atoms with Gasteiger partial charge in [-0.1, -0.05) is 24.3 Å². The number of benzene rings is 1. The van der Waals surface area contributed by atoms with Crippen molar-refractivity contribution in [3.05, 3.63) is 35.4 Å². The molecule has 0 amide bonds. The predicted molar refractivity (Wildman–Crippen MR) is 54.0 cm³/mol. The van der Waals surface area contributed by atoms with Crippen molar-refractivity contribution in [3.8, 4) is 0 Å². The second kappa shape index (κ2) is 5.75. The highest BCUT2D eigenvalue weighted by Crippen LogP contribution is 2.21. The molecule has 0 aromatic heterocycles. The topological polar surface area (TPSA) is 38.7 Å². The van der Waals surface area contributed by atoms with Crippen molar-refractivity contribution in [2.75, 3.05) is 20.8 Å². The molecular formula is C11H16O3. The molecule has 3 nitrogen and oxygen atoms in total. The number of ether oxygens (including phenoxy) is 2. The van der Waals surface area contributed by atoms with Gasteiger partial charge in [-0.25, -0.2) is 0 Å². The summed E-state index contributed by atoms with van der Waals surface area (Å²) in [6.45, 7) is 0.521. The maximum absolute atomic E-state index is 9.13. The minimum Gasteiger partial charge on any atom is -0.392 e. The van der Waals surface area contributed by atoms with Crippen LogP contribution in [0.4, 0.5) is 0 Å². The molecule has 1 unspecified atom stereocenters. The van der Waals surface area contributed by atoms with E-state index in [1.807, 2.05) is 24.3 Å². The van der Waals surface area contributed by atoms with Gasteiger partial charge in [0.15, 0.2) is 0 Å². The lowest BCUT2D eigenvalue weighted by Gasteiger charge is -2.17. The molecule has 0 bridgehead atoms. The fraction of sp³-hybridized carbons (Fsp3) is 0.455. The molecule has 0 saturated carbocycles. The molecule has 0 spiro atoms. The Morgan fingerprint density at radius 2 is 2.00 bits per heavy atom. The van der Waals surface area contributed by atoms with Crippen LogP contribution in [0.25, 0.3) is 0 Å². The van der Waals surface area contributed by atoms with Crippen molar-refractivity contribution in [3.63, 3.8) is 0 Å². The molecule has 1 rings (SSSR count). The highest BCUT2D eigenvalue weighted by Gasteiger charge is 2.13. The lowest BCUT2D eigenvalue weighted by atomic mass is 10.0. The predicted octanol–water partition coefficient (Wildman–Crippen LogP) is 1.51. The first-order valence-corrected chi connectivity index (χ1v) is 4.53. The van der Waals surface area contributed by atoms with Crippen molar-refractivity contribution in [1.29, 1.82) is 0 Å². The van der Waals surface area contributed by atoms with E-state index in [0.717, 1.165) is 11.1 Å². The maximum atomic E-state index is 9.13. The van der Waals surface area contributed by atoms with Gasteiger partial charge in [0, 0.05) is 14.2 Å². The van der Waals surface area contributed by atoms with Crippen molar-refractivity contribution in [1.82, 2.24) is 0 Å². The zero-order valence-corrected chi connectivity index (χ0v) is 8.56. The van der Waals surface area contributed by atoms with Crippen molar-refractivity contribution in [2.24, 2.45) is 0 Å². The summed E-state index contributed by atoms with van der Waals surface area (Å²) in [6, 6.07) is 7.65. The zero-order chi connectivity index (χ0) is 10.4. The minimum atomic E-state index is -0.108. The van der Waals surface area contributed by atoms with E-state index in [-0.39, 0.29) is 12.7 Å². The first-order valence-electron chi connectivity index (χ1n) is 4.53. The van der Waals surface area contributed by atoms with Crippen LogP contribution in [0.3, 0.4) is 0 Å². The van der Waals surface area contributed by atoms with Crippen molar-refractivity contribution >= 4 is 0 Å². The molecule has 3 heteroatoms. The maximum Gasteiger partial charge on any atom is 0.106 e. The lowest BCUT2D eigenvalue weighted by molar-refractivity contribution is 0.0263. The third-order valence-electron chi connectivity index (χ3n) is 2.17. The van der Waals surface area contributed by atoms with Crippen LogP contribution in [0.5, 0.6) is 0 Å². The van der Waals surface area contributed by atoms with E-state index in [1.165, 1.54) is 0 Å². The average molecular weight is 196 g/mol. The molecule has 1 atom stereocenters. The van der Waals surface area contributed by atoms with Crippen molar-refractivity contribution < 1.29 is 14.6 Å². The largest absolute Gasteiger partial charge is 0.392 e. The quantitative estimate of drug-likeness (QED) is 0.775. The Hall–Kier alpha value is -0.900. The van der Waals surface area contributed by atoms with E-state index in [4.69, 9.17) is 14.6 Å². The molecule has 0 heterocycles. The second-order valence-electron chi connectivity index (χ2n) is 3.04. The van der Waals surface area contributed by atoms with Gasteiger partial charge in [-0.2, -0.15) is 0 Å². The molecule has 0 saturated heterocycles.